The summed E-state index contributed by atoms with van der Waals surface area (Å²) in [7, 11) is 0. The highest BCUT2D eigenvalue weighted by atomic mass is 16.5. The summed E-state index contributed by atoms with van der Waals surface area (Å²) in [6.07, 6.45) is 0. The number of carbonyl (C=O) groups excluding carboxylic acids is 2. The van der Waals surface area contributed by atoms with Crippen LogP contribution in [-0.4, -0.2) is 48.3 Å². The third-order valence-electron chi connectivity index (χ3n) is 3.71. The van der Waals surface area contributed by atoms with E-state index >= 15 is 0 Å². The van der Waals surface area contributed by atoms with Crippen LogP contribution in [0.5, 0.6) is 5.75 Å². The lowest BCUT2D eigenvalue weighted by Gasteiger charge is -2.30. The lowest BCUT2D eigenvalue weighted by atomic mass is 10.1. The van der Waals surface area contributed by atoms with Gasteiger partial charge in [0.1, 0.15) is 12.4 Å². The van der Waals surface area contributed by atoms with Gasteiger partial charge in [0.05, 0.1) is 25.7 Å². The number of fused-ring (bicyclic) bond motifs is 1. The summed E-state index contributed by atoms with van der Waals surface area (Å²) in [5.41, 5.74) is 2.74. The molecule has 1 aromatic carbocycles. The van der Waals surface area contributed by atoms with E-state index in [1.807, 2.05) is 0 Å². The Bertz CT molecular complexity index is 570. The van der Waals surface area contributed by atoms with Crippen LogP contribution < -0.4 is 10.2 Å². The van der Waals surface area contributed by atoms with Crippen LogP contribution in [0.2, 0.25) is 0 Å². The average molecular weight is 292 g/mol. The molecule has 3 rings (SSSR count). The van der Waals surface area contributed by atoms with E-state index in [2.05, 4.69) is 0 Å². The van der Waals surface area contributed by atoms with Gasteiger partial charge in [-0.15, -0.1) is 0 Å². The van der Waals surface area contributed by atoms with Crippen LogP contribution in [0.25, 0.3) is 0 Å². The Kier molecular flexibility index (Phi) is 3.76. The van der Waals surface area contributed by atoms with Gasteiger partial charge in [0.15, 0.2) is 0 Å². The zero-order valence-electron chi connectivity index (χ0n) is 11.4. The number of hydrogen-bond donors (Lipinski definition) is 2. The third-order valence-corrected chi connectivity index (χ3v) is 3.71. The highest BCUT2D eigenvalue weighted by Crippen LogP contribution is 2.26. The van der Waals surface area contributed by atoms with Crippen molar-refractivity contribution in [3.8, 4) is 5.75 Å². The first-order valence-corrected chi connectivity index (χ1v) is 6.75. The summed E-state index contributed by atoms with van der Waals surface area (Å²) in [6, 6.07) is 4.90. The Morgan fingerprint density at radius 3 is 2.81 bits per heavy atom. The molecular weight excluding hydrogens is 276 g/mol. The van der Waals surface area contributed by atoms with Gasteiger partial charge in [0.2, 0.25) is 5.91 Å². The first-order chi connectivity index (χ1) is 10.2. The van der Waals surface area contributed by atoms with Crippen LogP contribution in [0.15, 0.2) is 18.2 Å². The quantitative estimate of drug-likeness (QED) is 0.599. The number of carbonyl (C=O) groups is 2. The Balaban J connectivity index is 1.79. The molecule has 0 saturated carbocycles. The molecule has 7 heteroatoms. The number of nitrogens with one attached hydrogen (secondary N) is 1. The number of hydrogen-bond acceptors (Lipinski definition) is 5. The Morgan fingerprint density at radius 1 is 1.33 bits per heavy atom. The molecule has 2 N–H and O–H groups in total. The van der Waals surface area contributed by atoms with Crippen molar-refractivity contribution in [1.82, 2.24) is 10.4 Å². The van der Waals surface area contributed by atoms with Crippen LogP contribution in [-0.2, 0) is 16.1 Å². The zero-order valence-corrected chi connectivity index (χ0v) is 11.4. The molecule has 0 spiro atoms. The van der Waals surface area contributed by atoms with Crippen molar-refractivity contribution in [1.29, 1.82) is 0 Å². The number of hydroxylamine groups is 1. The second kappa shape index (κ2) is 5.71. The van der Waals surface area contributed by atoms with Crippen LogP contribution in [0.3, 0.4) is 0 Å². The molecule has 21 heavy (non-hydrogen) atoms. The average Bonchev–Trinajstić information content (AvgIpc) is 2.65. The van der Waals surface area contributed by atoms with Gasteiger partial charge in [-0.05, 0) is 12.1 Å². The summed E-state index contributed by atoms with van der Waals surface area (Å²) < 4.78 is 10.7. The van der Waals surface area contributed by atoms with Crippen LogP contribution >= 0.6 is 0 Å². The van der Waals surface area contributed by atoms with Crippen molar-refractivity contribution in [3.05, 3.63) is 29.3 Å². The Hall–Kier alpha value is -2.12. The van der Waals surface area contributed by atoms with Crippen LogP contribution in [0.1, 0.15) is 15.9 Å². The van der Waals surface area contributed by atoms with Crippen LogP contribution in [0, 0.1) is 5.92 Å². The smallest absolute Gasteiger partial charge is 0.274 e. The number of rotatable bonds is 2. The molecule has 2 aliphatic heterocycles. The second-order valence-electron chi connectivity index (χ2n) is 5.11. The molecule has 112 valence electrons. The fourth-order valence-corrected chi connectivity index (χ4v) is 2.40. The van der Waals surface area contributed by atoms with Gasteiger partial charge in [-0.1, -0.05) is 6.07 Å². The maximum atomic E-state index is 12.3. The standard InChI is InChI=1S/C14H16N2O5/c17-13(15-19)9-1-2-10-6-16(3-4-21-12(10)5-9)14(18)11-7-20-8-11/h1-2,5,11,19H,3-4,6-8H2,(H,15,17). The Labute approximate surface area is 121 Å². The molecule has 2 aliphatic rings. The molecule has 0 aliphatic carbocycles. The Morgan fingerprint density at radius 2 is 2.14 bits per heavy atom. The van der Waals surface area contributed by atoms with Crippen molar-refractivity contribution < 1.29 is 24.3 Å². The number of amides is 2. The molecule has 0 radical (unpaired) electrons. The van der Waals surface area contributed by atoms with E-state index < -0.39 is 5.91 Å². The fraction of sp³-hybridized carbons (Fsp3) is 0.429. The maximum Gasteiger partial charge on any atom is 0.274 e. The van der Waals surface area contributed by atoms with Gasteiger partial charge in [-0.25, -0.2) is 5.48 Å². The summed E-state index contributed by atoms with van der Waals surface area (Å²) >= 11 is 0. The fourth-order valence-electron chi connectivity index (χ4n) is 2.40. The molecule has 0 bridgehead atoms. The van der Waals surface area contributed by atoms with Gasteiger partial charge in [0.25, 0.3) is 5.91 Å². The molecule has 2 heterocycles. The monoisotopic (exact) mass is 292 g/mol. The maximum absolute atomic E-state index is 12.3. The minimum atomic E-state index is -0.592. The number of nitrogens with zero attached hydrogens (tertiary/aromatic N) is 1. The van der Waals surface area contributed by atoms with Crippen molar-refractivity contribution in [3.63, 3.8) is 0 Å². The minimum Gasteiger partial charge on any atom is -0.491 e. The highest BCUT2D eigenvalue weighted by molar-refractivity contribution is 5.93. The van der Waals surface area contributed by atoms with E-state index in [0.29, 0.717) is 44.2 Å². The molecule has 1 fully saturated rings. The normalized spacial score (nSPS) is 18.0. The molecule has 7 nitrogen and oxygen atoms in total. The first-order valence-electron chi connectivity index (χ1n) is 6.75. The van der Waals surface area contributed by atoms with Crippen LogP contribution in [0.4, 0.5) is 0 Å². The summed E-state index contributed by atoms with van der Waals surface area (Å²) in [5.74, 6) is 0.00215. The first kappa shape index (κ1) is 13.8. The summed E-state index contributed by atoms with van der Waals surface area (Å²) in [6.45, 7) is 2.30. The second-order valence-corrected chi connectivity index (χ2v) is 5.11. The molecular formula is C14H16N2O5. The van der Waals surface area contributed by atoms with Crippen molar-refractivity contribution in [2.75, 3.05) is 26.4 Å². The van der Waals surface area contributed by atoms with Crippen molar-refractivity contribution in [2.24, 2.45) is 5.92 Å². The number of benzene rings is 1. The largest absolute Gasteiger partial charge is 0.491 e. The summed E-state index contributed by atoms with van der Waals surface area (Å²) in [5, 5.41) is 8.65. The predicted octanol–water partition coefficient (Wildman–Crippen LogP) is 0.173. The van der Waals surface area contributed by atoms with Gasteiger partial charge in [-0.2, -0.15) is 0 Å². The molecule has 0 atom stereocenters. The lowest BCUT2D eigenvalue weighted by molar-refractivity contribution is -0.150. The third kappa shape index (κ3) is 2.70. The molecule has 0 aromatic heterocycles. The van der Waals surface area contributed by atoms with Gasteiger partial charge in [0, 0.05) is 17.7 Å². The molecule has 1 aromatic rings. The highest BCUT2D eigenvalue weighted by Gasteiger charge is 2.31. The topological polar surface area (TPSA) is 88.1 Å². The molecule has 2 amide bonds. The van der Waals surface area contributed by atoms with E-state index in [1.165, 1.54) is 0 Å². The van der Waals surface area contributed by atoms with E-state index in [9.17, 15) is 9.59 Å². The minimum absolute atomic E-state index is 0.0500. The van der Waals surface area contributed by atoms with Crippen molar-refractivity contribution in [2.45, 2.75) is 6.54 Å². The molecule has 1 saturated heterocycles. The number of ether oxygens (including phenoxy) is 2. The lowest BCUT2D eigenvalue weighted by Crippen LogP contribution is -2.45. The van der Waals surface area contributed by atoms with Gasteiger partial charge in [-0.3, -0.25) is 14.8 Å². The molecule has 0 unspecified atom stereocenters. The SMILES string of the molecule is O=C(NO)c1ccc2c(c1)OCCN(C(=O)C1COC1)C2. The van der Waals surface area contributed by atoms with Crippen molar-refractivity contribution >= 4 is 11.8 Å². The van der Waals surface area contributed by atoms with E-state index in [-0.39, 0.29) is 11.8 Å². The predicted molar refractivity (Wildman–Crippen MR) is 70.9 cm³/mol. The van der Waals surface area contributed by atoms with Gasteiger partial charge < -0.3 is 14.4 Å². The van der Waals surface area contributed by atoms with Gasteiger partial charge >= 0.3 is 0 Å². The van der Waals surface area contributed by atoms with E-state index in [0.717, 1.165) is 5.56 Å². The summed E-state index contributed by atoms with van der Waals surface area (Å²) in [4.78, 5) is 25.4. The van der Waals surface area contributed by atoms with E-state index in [1.54, 1.807) is 28.6 Å². The zero-order chi connectivity index (χ0) is 14.8. The van der Waals surface area contributed by atoms with E-state index in [4.69, 9.17) is 14.7 Å².